The van der Waals surface area contributed by atoms with Gasteiger partial charge in [-0.25, -0.2) is 9.48 Å². The summed E-state index contributed by atoms with van der Waals surface area (Å²) in [7, 11) is 1.73. The zero-order valence-corrected chi connectivity index (χ0v) is 10.2. The van der Waals surface area contributed by atoms with Crippen LogP contribution in [-0.2, 0) is 7.05 Å². The van der Waals surface area contributed by atoms with Gasteiger partial charge in [0.1, 0.15) is 5.82 Å². The van der Waals surface area contributed by atoms with Gasteiger partial charge in [-0.05, 0) is 39.8 Å². The molecule has 0 amide bonds. The molecule has 5 heteroatoms. The first-order chi connectivity index (χ1) is 7.61. The lowest BCUT2D eigenvalue weighted by molar-refractivity contribution is 0.417. The predicted molar refractivity (Wildman–Crippen MR) is 62.7 cm³/mol. The van der Waals surface area contributed by atoms with Crippen LogP contribution in [0, 0.1) is 0 Å². The Hall–Kier alpha value is -1.10. The second kappa shape index (κ2) is 4.41. The fraction of sp³-hybridized carbons (Fsp3) is 0.818. The van der Waals surface area contributed by atoms with E-state index < -0.39 is 0 Å². The van der Waals surface area contributed by atoms with Crippen LogP contribution in [0.15, 0.2) is 4.79 Å². The molecule has 1 aliphatic rings. The SMILES string of the molecule is CC(C)n1c(C2CCNCC2)nn(C)c1=O. The highest BCUT2D eigenvalue weighted by atomic mass is 16.2. The minimum absolute atomic E-state index is 0.00327. The van der Waals surface area contributed by atoms with Crippen molar-refractivity contribution in [3.05, 3.63) is 16.3 Å². The van der Waals surface area contributed by atoms with Crippen LogP contribution in [-0.4, -0.2) is 27.4 Å². The highest BCUT2D eigenvalue weighted by Crippen LogP contribution is 2.24. The molecule has 0 saturated carbocycles. The number of aromatic nitrogens is 3. The van der Waals surface area contributed by atoms with Gasteiger partial charge in [0, 0.05) is 19.0 Å². The van der Waals surface area contributed by atoms with Gasteiger partial charge in [0.05, 0.1) is 0 Å². The van der Waals surface area contributed by atoms with Gasteiger partial charge in [-0.2, -0.15) is 5.10 Å². The van der Waals surface area contributed by atoms with Gasteiger partial charge in [0.15, 0.2) is 0 Å². The highest BCUT2D eigenvalue weighted by Gasteiger charge is 2.23. The van der Waals surface area contributed by atoms with Gasteiger partial charge in [-0.3, -0.25) is 4.57 Å². The van der Waals surface area contributed by atoms with Gasteiger partial charge in [0.25, 0.3) is 0 Å². The largest absolute Gasteiger partial charge is 0.345 e. The summed E-state index contributed by atoms with van der Waals surface area (Å²) in [6, 6.07) is 0.186. The average molecular weight is 224 g/mol. The summed E-state index contributed by atoms with van der Waals surface area (Å²) in [5, 5.41) is 7.73. The summed E-state index contributed by atoms with van der Waals surface area (Å²) >= 11 is 0. The van der Waals surface area contributed by atoms with Gasteiger partial charge in [-0.1, -0.05) is 0 Å². The van der Waals surface area contributed by atoms with Crippen LogP contribution in [0.4, 0.5) is 0 Å². The first-order valence-electron chi connectivity index (χ1n) is 5.97. The minimum Gasteiger partial charge on any atom is -0.317 e. The molecule has 1 aromatic rings. The molecule has 1 saturated heterocycles. The third-order valence-electron chi connectivity index (χ3n) is 3.20. The Balaban J connectivity index is 2.39. The van der Waals surface area contributed by atoms with Crippen LogP contribution in [0.5, 0.6) is 0 Å². The Labute approximate surface area is 95.5 Å². The first-order valence-corrected chi connectivity index (χ1v) is 5.97. The van der Waals surface area contributed by atoms with Crippen molar-refractivity contribution >= 4 is 0 Å². The molecule has 16 heavy (non-hydrogen) atoms. The van der Waals surface area contributed by atoms with E-state index in [1.807, 2.05) is 18.4 Å². The molecule has 1 aromatic heterocycles. The maximum Gasteiger partial charge on any atom is 0.345 e. The molecule has 90 valence electrons. The van der Waals surface area contributed by atoms with Crippen molar-refractivity contribution in [2.75, 3.05) is 13.1 Å². The quantitative estimate of drug-likeness (QED) is 0.801. The molecular weight excluding hydrogens is 204 g/mol. The first kappa shape index (κ1) is 11.4. The Kier molecular flexibility index (Phi) is 3.14. The Morgan fingerprint density at radius 3 is 2.56 bits per heavy atom. The van der Waals surface area contributed by atoms with Crippen molar-refractivity contribution in [1.29, 1.82) is 0 Å². The number of nitrogens with zero attached hydrogens (tertiary/aromatic N) is 3. The normalized spacial score (nSPS) is 18.2. The van der Waals surface area contributed by atoms with E-state index in [0.29, 0.717) is 5.92 Å². The molecule has 2 heterocycles. The molecule has 0 atom stereocenters. The van der Waals surface area contributed by atoms with Gasteiger partial charge >= 0.3 is 5.69 Å². The van der Waals surface area contributed by atoms with Crippen LogP contribution < -0.4 is 11.0 Å². The van der Waals surface area contributed by atoms with Gasteiger partial charge in [0.2, 0.25) is 0 Å². The monoisotopic (exact) mass is 224 g/mol. The number of rotatable bonds is 2. The standard InChI is InChI=1S/C11H20N4O/c1-8(2)15-10(13-14(3)11(15)16)9-4-6-12-7-5-9/h8-9,12H,4-7H2,1-3H3. The number of aryl methyl sites for hydroxylation is 1. The van der Waals surface area contributed by atoms with Crippen LogP contribution in [0.3, 0.4) is 0 Å². The lowest BCUT2D eigenvalue weighted by Crippen LogP contribution is -2.30. The Morgan fingerprint density at radius 2 is 2.00 bits per heavy atom. The van der Waals surface area contributed by atoms with Gasteiger partial charge < -0.3 is 5.32 Å². The Bertz CT molecular complexity index is 412. The third kappa shape index (κ3) is 1.91. The summed E-state index contributed by atoms with van der Waals surface area (Å²) in [5.74, 6) is 1.39. The topological polar surface area (TPSA) is 51.9 Å². The molecule has 1 fully saturated rings. The van der Waals surface area contributed by atoms with E-state index in [4.69, 9.17) is 0 Å². The minimum atomic E-state index is 0.00327. The lowest BCUT2D eigenvalue weighted by atomic mass is 9.97. The molecule has 0 unspecified atom stereocenters. The number of hydrogen-bond acceptors (Lipinski definition) is 3. The summed E-state index contributed by atoms with van der Waals surface area (Å²) in [6.45, 7) is 6.11. The van der Waals surface area contributed by atoms with Crippen molar-refractivity contribution in [3.63, 3.8) is 0 Å². The van der Waals surface area contributed by atoms with Crippen LogP contribution in [0.2, 0.25) is 0 Å². The zero-order chi connectivity index (χ0) is 11.7. The number of hydrogen-bond donors (Lipinski definition) is 1. The van der Waals surface area contributed by atoms with E-state index in [0.717, 1.165) is 31.8 Å². The number of nitrogens with one attached hydrogen (secondary N) is 1. The molecular formula is C11H20N4O. The van der Waals surface area contributed by atoms with E-state index in [-0.39, 0.29) is 11.7 Å². The van der Waals surface area contributed by atoms with Crippen molar-refractivity contribution in [2.24, 2.45) is 7.05 Å². The molecule has 2 rings (SSSR count). The van der Waals surface area contributed by atoms with E-state index in [1.165, 1.54) is 4.68 Å². The molecule has 1 aliphatic heterocycles. The fourth-order valence-electron chi connectivity index (χ4n) is 2.34. The van der Waals surface area contributed by atoms with E-state index >= 15 is 0 Å². The maximum absolute atomic E-state index is 11.9. The molecule has 1 N–H and O–H groups in total. The van der Waals surface area contributed by atoms with E-state index in [2.05, 4.69) is 10.4 Å². The van der Waals surface area contributed by atoms with Crippen LogP contribution >= 0.6 is 0 Å². The van der Waals surface area contributed by atoms with E-state index in [9.17, 15) is 4.79 Å². The lowest BCUT2D eigenvalue weighted by Gasteiger charge is -2.23. The zero-order valence-electron chi connectivity index (χ0n) is 10.2. The second-order valence-electron chi connectivity index (χ2n) is 4.75. The van der Waals surface area contributed by atoms with Crippen LogP contribution in [0.25, 0.3) is 0 Å². The highest BCUT2D eigenvalue weighted by molar-refractivity contribution is 5.00. The molecule has 0 spiro atoms. The summed E-state index contributed by atoms with van der Waals surface area (Å²) in [4.78, 5) is 11.9. The van der Waals surface area contributed by atoms with E-state index in [1.54, 1.807) is 7.05 Å². The second-order valence-corrected chi connectivity index (χ2v) is 4.75. The molecule has 0 radical (unpaired) electrons. The van der Waals surface area contributed by atoms with Crippen molar-refractivity contribution in [1.82, 2.24) is 19.7 Å². The van der Waals surface area contributed by atoms with Crippen LogP contribution in [0.1, 0.15) is 44.5 Å². The van der Waals surface area contributed by atoms with Gasteiger partial charge in [-0.15, -0.1) is 0 Å². The molecule has 0 bridgehead atoms. The van der Waals surface area contributed by atoms with Crippen molar-refractivity contribution in [3.8, 4) is 0 Å². The fourth-order valence-corrected chi connectivity index (χ4v) is 2.34. The summed E-state index contributed by atoms with van der Waals surface area (Å²) in [5.41, 5.74) is 0.00327. The van der Waals surface area contributed by atoms with Crippen molar-refractivity contribution < 1.29 is 0 Å². The maximum atomic E-state index is 11.9. The number of piperidine rings is 1. The van der Waals surface area contributed by atoms with Crippen molar-refractivity contribution in [2.45, 2.75) is 38.6 Å². The molecule has 0 aliphatic carbocycles. The average Bonchev–Trinajstić information content (AvgIpc) is 2.57. The summed E-state index contributed by atoms with van der Waals surface area (Å²) in [6.07, 6.45) is 2.15. The Morgan fingerprint density at radius 1 is 1.38 bits per heavy atom. The molecule has 5 nitrogen and oxygen atoms in total. The predicted octanol–water partition coefficient (Wildman–Crippen LogP) is 0.630. The smallest absolute Gasteiger partial charge is 0.317 e. The third-order valence-corrected chi connectivity index (χ3v) is 3.20. The molecule has 0 aromatic carbocycles. The summed E-state index contributed by atoms with van der Waals surface area (Å²) < 4.78 is 3.29.